The number of carboxylic acid groups (broad SMARTS) is 1. The van der Waals surface area contributed by atoms with Gasteiger partial charge in [0, 0.05) is 38.0 Å². The number of aliphatic carboxylic acids is 1. The summed E-state index contributed by atoms with van der Waals surface area (Å²) in [5.74, 6) is -3.82. The second-order valence-corrected chi connectivity index (χ2v) is 18.9. The predicted octanol–water partition coefficient (Wildman–Crippen LogP) is 5.21. The summed E-state index contributed by atoms with van der Waals surface area (Å²) in [5.41, 5.74) is -0.551. The highest BCUT2D eigenvalue weighted by molar-refractivity contribution is 5.76. The molecule has 7 aliphatic rings. The lowest BCUT2D eigenvalue weighted by atomic mass is 9.79. The van der Waals surface area contributed by atoms with Gasteiger partial charge in [0.05, 0.1) is 43.2 Å². The number of hydrogen-bond acceptors (Lipinski definition) is 12. The Hall–Kier alpha value is -1.75. The molecule has 7 rings (SSSR count). The molecule has 0 aromatic heterocycles. The average Bonchev–Trinajstić information content (AvgIpc) is 3.56. The number of aliphatic hydroxyl groups is 4. The van der Waals surface area contributed by atoms with Gasteiger partial charge in [-0.25, -0.2) is 4.79 Å². The second kappa shape index (κ2) is 17.0. The van der Waals surface area contributed by atoms with E-state index in [4.69, 9.17) is 33.2 Å². The summed E-state index contributed by atoms with van der Waals surface area (Å²) in [6.07, 6.45) is 9.37. The van der Waals surface area contributed by atoms with Crippen molar-refractivity contribution in [1.82, 2.24) is 0 Å². The number of hydrogen-bond donors (Lipinski definition) is 5. The van der Waals surface area contributed by atoms with Gasteiger partial charge >= 0.3 is 5.97 Å². The first kappa shape index (κ1) is 43.3. The van der Waals surface area contributed by atoms with Gasteiger partial charge in [-0.05, 0) is 95.1 Å². The molecule has 0 aromatic rings. The summed E-state index contributed by atoms with van der Waals surface area (Å²) in [6.45, 7) is 14.5. The summed E-state index contributed by atoms with van der Waals surface area (Å²) < 4.78 is 45.2. The van der Waals surface area contributed by atoms with Crippen molar-refractivity contribution in [2.45, 2.75) is 209 Å². The zero-order valence-corrected chi connectivity index (χ0v) is 34.6. The fourth-order valence-corrected chi connectivity index (χ4v) is 10.5. The van der Waals surface area contributed by atoms with Crippen LogP contribution in [0.5, 0.6) is 0 Å². The van der Waals surface area contributed by atoms with Gasteiger partial charge in [0.2, 0.25) is 5.79 Å². The number of aliphatic hydroxyl groups excluding tert-OH is 3. The molecule has 0 radical (unpaired) electrons. The van der Waals surface area contributed by atoms with E-state index < -0.39 is 71.7 Å². The maximum absolute atomic E-state index is 11.6. The van der Waals surface area contributed by atoms with Crippen LogP contribution in [-0.4, -0.2) is 122 Å². The molecule has 13 nitrogen and oxygen atoms in total. The Labute approximate surface area is 337 Å². The van der Waals surface area contributed by atoms with E-state index in [9.17, 15) is 30.3 Å². The van der Waals surface area contributed by atoms with E-state index in [0.717, 1.165) is 50.7 Å². The molecule has 0 saturated carbocycles. The highest BCUT2D eigenvalue weighted by atomic mass is 16.7. The SMILES string of the molecule is C=C1[C@@H](O)[C@@H]2O[C@]3(CC[C@@H](/C=C/[C@@H](C)[C@@H]4CC(C)=C[C@@]5(O[C@H](C[C@@](C)(O)C(=O)O)CC[C@H]5O)O4)O3)CC[C@H]2O[C@@H]1[C@@H](O)C[C@H](C)[C@H]1O[C@@]2(CCCCO2)CC[C@H]1C. The lowest BCUT2D eigenvalue weighted by Crippen LogP contribution is -2.60. The van der Waals surface area contributed by atoms with Crippen molar-refractivity contribution in [2.24, 2.45) is 17.8 Å². The van der Waals surface area contributed by atoms with Gasteiger partial charge in [-0.3, -0.25) is 0 Å². The summed E-state index contributed by atoms with van der Waals surface area (Å²) in [7, 11) is 0. The van der Waals surface area contributed by atoms with Crippen LogP contribution in [0.25, 0.3) is 0 Å². The highest BCUT2D eigenvalue weighted by Crippen LogP contribution is 2.47. The number of carboxylic acids is 1. The Balaban J connectivity index is 0.920. The minimum atomic E-state index is -1.96. The predicted molar refractivity (Wildman–Crippen MR) is 208 cm³/mol. The van der Waals surface area contributed by atoms with E-state index in [2.05, 4.69) is 26.5 Å². The van der Waals surface area contributed by atoms with E-state index in [-0.39, 0.29) is 36.6 Å². The maximum atomic E-state index is 11.6. The minimum Gasteiger partial charge on any atom is -0.479 e. The second-order valence-electron chi connectivity index (χ2n) is 18.9. The molecule has 6 saturated heterocycles. The molecule has 7 heterocycles. The molecular weight excluding hydrogens is 736 g/mol. The number of fused-ring (bicyclic) bond motifs is 1. The van der Waals surface area contributed by atoms with E-state index in [1.54, 1.807) is 6.08 Å². The quantitative estimate of drug-likeness (QED) is 0.182. The van der Waals surface area contributed by atoms with Crippen molar-refractivity contribution in [3.05, 3.63) is 36.0 Å². The third-order valence-electron chi connectivity index (χ3n) is 14.0. The van der Waals surface area contributed by atoms with Crippen LogP contribution in [0, 0.1) is 17.8 Å². The van der Waals surface area contributed by atoms with E-state index in [1.165, 1.54) is 6.92 Å². The Kier molecular flexibility index (Phi) is 12.9. The van der Waals surface area contributed by atoms with Gasteiger partial charge in [0.1, 0.15) is 24.4 Å². The van der Waals surface area contributed by atoms with Crippen molar-refractivity contribution in [1.29, 1.82) is 0 Å². The first-order valence-electron chi connectivity index (χ1n) is 21.7. The Morgan fingerprint density at radius 2 is 1.75 bits per heavy atom. The van der Waals surface area contributed by atoms with Gasteiger partial charge in [0.15, 0.2) is 17.2 Å². The minimum absolute atomic E-state index is 0.0423. The van der Waals surface area contributed by atoms with Crippen molar-refractivity contribution < 1.29 is 63.5 Å². The number of carbonyl (C=O) groups is 1. The monoisotopic (exact) mass is 804 g/mol. The maximum Gasteiger partial charge on any atom is 0.335 e. The van der Waals surface area contributed by atoms with Crippen molar-refractivity contribution in [3.63, 3.8) is 0 Å². The van der Waals surface area contributed by atoms with Crippen LogP contribution < -0.4 is 0 Å². The van der Waals surface area contributed by atoms with Crippen LogP contribution >= 0.6 is 0 Å². The summed E-state index contributed by atoms with van der Waals surface area (Å²) >= 11 is 0. The number of rotatable bonds is 10. The van der Waals surface area contributed by atoms with Crippen LogP contribution in [0.1, 0.15) is 125 Å². The van der Waals surface area contributed by atoms with Crippen LogP contribution in [-0.2, 0) is 38.0 Å². The fourth-order valence-electron chi connectivity index (χ4n) is 10.5. The summed E-state index contributed by atoms with van der Waals surface area (Å²) in [6, 6.07) is 0. The molecule has 0 aromatic carbocycles. The molecule has 0 unspecified atom stereocenters. The van der Waals surface area contributed by atoms with E-state index in [0.29, 0.717) is 56.4 Å². The lowest BCUT2D eigenvalue weighted by molar-refractivity contribution is -0.321. The van der Waals surface area contributed by atoms with Crippen molar-refractivity contribution >= 4 is 5.97 Å². The zero-order chi connectivity index (χ0) is 40.9. The van der Waals surface area contributed by atoms with E-state index >= 15 is 0 Å². The molecule has 6 fully saturated rings. The molecule has 7 aliphatic heterocycles. The van der Waals surface area contributed by atoms with Gasteiger partial charge in [-0.1, -0.05) is 45.1 Å². The molecule has 5 N–H and O–H groups in total. The van der Waals surface area contributed by atoms with Crippen LogP contribution in [0.4, 0.5) is 0 Å². The third-order valence-corrected chi connectivity index (χ3v) is 14.0. The molecular formula is C44H68O13. The molecule has 17 atom stereocenters. The Morgan fingerprint density at radius 1 is 1.00 bits per heavy atom. The third kappa shape index (κ3) is 9.15. The van der Waals surface area contributed by atoms with E-state index in [1.807, 2.05) is 19.9 Å². The molecule has 13 heteroatoms. The standard InChI is InChI=1S/C44H68O13/c1-25-21-34(55-44(23-25)35(46)12-11-31(54-44)24-41(6,50)40(48)49)26(2)9-10-30-14-18-43(53-30)19-15-33-39(57-43)36(47)29(5)38(52-33)32(45)22-28(4)37-27(3)13-17-42(56-37)16-7-8-20-51-42/h9-10,23,26-28,30-39,45-47,50H,5,7-8,11-22,24H2,1-4,6H3,(H,48,49)/b10-9+/t26-,27-,28+,30-,31+,32+,33-,34+,35-,36-,37+,38+,39-,41-,42+,43-,44-/m1/s1. The van der Waals surface area contributed by atoms with Crippen LogP contribution in [0.3, 0.4) is 0 Å². The first-order chi connectivity index (χ1) is 26.9. The van der Waals surface area contributed by atoms with Crippen molar-refractivity contribution in [3.8, 4) is 0 Å². The first-order valence-corrected chi connectivity index (χ1v) is 21.7. The highest BCUT2D eigenvalue weighted by Gasteiger charge is 2.55. The molecule has 0 bridgehead atoms. The van der Waals surface area contributed by atoms with Gasteiger partial charge in [0.25, 0.3) is 0 Å². The molecule has 0 aliphatic carbocycles. The Bertz CT molecular complexity index is 1510. The average molecular weight is 805 g/mol. The smallest absolute Gasteiger partial charge is 0.335 e. The lowest BCUT2D eigenvalue weighted by Gasteiger charge is -2.50. The van der Waals surface area contributed by atoms with Gasteiger partial charge in [-0.15, -0.1) is 0 Å². The fraction of sp³-hybridized carbons (Fsp3) is 0.841. The van der Waals surface area contributed by atoms with Gasteiger partial charge in [-0.2, -0.15) is 0 Å². The van der Waals surface area contributed by atoms with Crippen LogP contribution in [0.15, 0.2) is 36.0 Å². The summed E-state index contributed by atoms with van der Waals surface area (Å²) in [4.78, 5) is 11.6. The molecule has 3 spiro atoms. The van der Waals surface area contributed by atoms with Crippen LogP contribution in [0.2, 0.25) is 0 Å². The van der Waals surface area contributed by atoms with Crippen molar-refractivity contribution in [2.75, 3.05) is 6.61 Å². The molecule has 0 amide bonds. The number of ether oxygens (including phenoxy) is 7. The zero-order valence-electron chi connectivity index (χ0n) is 34.6. The van der Waals surface area contributed by atoms with Gasteiger partial charge < -0.3 is 58.7 Å². The Morgan fingerprint density at radius 3 is 2.49 bits per heavy atom. The summed E-state index contributed by atoms with van der Waals surface area (Å²) in [5, 5.41) is 54.0. The topological polar surface area (TPSA) is 183 Å². The molecule has 322 valence electrons. The normalized spacial score (nSPS) is 45.4. The molecule has 57 heavy (non-hydrogen) atoms. The largest absolute Gasteiger partial charge is 0.479 e.